The molecule has 0 radical (unpaired) electrons. The smallest absolute Gasteiger partial charge is 0.345 e. The summed E-state index contributed by atoms with van der Waals surface area (Å²) in [4.78, 5) is 24.3. The average molecular weight is 350 g/mol. The van der Waals surface area contributed by atoms with Crippen LogP contribution in [0.1, 0.15) is 29.8 Å². The summed E-state index contributed by atoms with van der Waals surface area (Å²) in [5, 5.41) is 4.81. The number of nitrogens with zero attached hydrogens (tertiary/aromatic N) is 1. The Kier molecular flexibility index (Phi) is 5.12. The molecule has 0 aliphatic heterocycles. The lowest BCUT2D eigenvalue weighted by molar-refractivity contribution is 0.0955. The molecule has 1 N–H and O–H groups in total. The molecule has 0 bridgehead atoms. The maximum atomic E-state index is 12.2. The van der Waals surface area contributed by atoms with Gasteiger partial charge in [0.2, 0.25) is 0 Å². The fraction of sp³-hybridized carbons (Fsp3) is 0.150. The largest absolute Gasteiger partial charge is 0.494 e. The van der Waals surface area contributed by atoms with Crippen molar-refractivity contribution in [2.75, 3.05) is 6.61 Å². The molecule has 0 aliphatic rings. The minimum absolute atomic E-state index is 0.302. The Balaban J connectivity index is 1.78. The molecule has 6 nitrogen and oxygen atoms in total. The average Bonchev–Trinajstić information content (AvgIpc) is 2.66. The van der Waals surface area contributed by atoms with Gasteiger partial charge in [-0.05, 0) is 50.2 Å². The van der Waals surface area contributed by atoms with Crippen LogP contribution in [0.3, 0.4) is 0 Å². The molecule has 1 amide bonds. The number of fused-ring (bicyclic) bond motifs is 1. The zero-order chi connectivity index (χ0) is 18.5. The molecule has 2 aromatic carbocycles. The van der Waals surface area contributed by atoms with Gasteiger partial charge in [0.25, 0.3) is 5.91 Å². The van der Waals surface area contributed by atoms with Crippen molar-refractivity contribution in [2.45, 2.75) is 13.8 Å². The van der Waals surface area contributed by atoms with E-state index in [1.54, 1.807) is 49.4 Å². The molecule has 0 saturated heterocycles. The van der Waals surface area contributed by atoms with Crippen molar-refractivity contribution in [2.24, 2.45) is 5.10 Å². The molecule has 26 heavy (non-hydrogen) atoms. The second-order valence-corrected chi connectivity index (χ2v) is 5.58. The molecule has 0 spiro atoms. The summed E-state index contributed by atoms with van der Waals surface area (Å²) in [5.74, 6) is 0.315. The van der Waals surface area contributed by atoms with Gasteiger partial charge in [0.1, 0.15) is 11.3 Å². The Labute approximate surface area is 150 Å². The Bertz CT molecular complexity index is 1020. The highest BCUT2D eigenvalue weighted by molar-refractivity contribution is 6.02. The monoisotopic (exact) mass is 350 g/mol. The van der Waals surface area contributed by atoms with Crippen LogP contribution < -0.4 is 15.8 Å². The number of hydrazone groups is 1. The summed E-state index contributed by atoms with van der Waals surface area (Å²) in [6, 6.07) is 15.6. The maximum Gasteiger partial charge on any atom is 0.345 e. The molecule has 3 rings (SSSR count). The number of nitrogens with one attached hydrogen (secondary N) is 1. The number of hydrogen-bond donors (Lipinski definition) is 1. The van der Waals surface area contributed by atoms with E-state index in [0.29, 0.717) is 34.8 Å². The van der Waals surface area contributed by atoms with Gasteiger partial charge in [-0.2, -0.15) is 5.10 Å². The SMILES string of the molecule is CCOc1ccc(C(=O)N/N=C(/C)c2cc3ccccc3oc2=O)cc1. The van der Waals surface area contributed by atoms with Gasteiger partial charge in [-0.15, -0.1) is 0 Å². The molecule has 132 valence electrons. The van der Waals surface area contributed by atoms with E-state index in [2.05, 4.69) is 10.5 Å². The number of para-hydroxylation sites is 1. The van der Waals surface area contributed by atoms with E-state index in [1.807, 2.05) is 19.1 Å². The van der Waals surface area contributed by atoms with Gasteiger partial charge in [0.15, 0.2) is 0 Å². The second-order valence-electron chi connectivity index (χ2n) is 5.58. The third-order valence-corrected chi connectivity index (χ3v) is 3.78. The van der Waals surface area contributed by atoms with Crippen LogP contribution in [0.2, 0.25) is 0 Å². The van der Waals surface area contributed by atoms with Crippen molar-refractivity contribution in [1.82, 2.24) is 5.43 Å². The summed E-state index contributed by atoms with van der Waals surface area (Å²) >= 11 is 0. The molecule has 0 atom stereocenters. The minimum Gasteiger partial charge on any atom is -0.494 e. The zero-order valence-corrected chi connectivity index (χ0v) is 14.5. The van der Waals surface area contributed by atoms with Crippen LogP contribution in [0.4, 0.5) is 0 Å². The number of hydrogen-bond acceptors (Lipinski definition) is 5. The van der Waals surface area contributed by atoms with Crippen molar-refractivity contribution in [3.63, 3.8) is 0 Å². The van der Waals surface area contributed by atoms with Crippen molar-refractivity contribution in [3.8, 4) is 5.75 Å². The summed E-state index contributed by atoms with van der Waals surface area (Å²) in [7, 11) is 0. The number of ether oxygens (including phenoxy) is 1. The molecule has 0 fully saturated rings. The van der Waals surface area contributed by atoms with E-state index >= 15 is 0 Å². The van der Waals surface area contributed by atoms with Crippen molar-refractivity contribution >= 4 is 22.6 Å². The first-order valence-electron chi connectivity index (χ1n) is 8.19. The number of rotatable bonds is 5. The highest BCUT2D eigenvalue weighted by Crippen LogP contribution is 2.14. The zero-order valence-electron chi connectivity index (χ0n) is 14.5. The van der Waals surface area contributed by atoms with E-state index in [1.165, 1.54) is 0 Å². The summed E-state index contributed by atoms with van der Waals surface area (Å²) in [6.45, 7) is 4.09. The normalized spacial score (nSPS) is 11.4. The fourth-order valence-corrected chi connectivity index (χ4v) is 2.44. The first kappa shape index (κ1) is 17.4. The van der Waals surface area contributed by atoms with Gasteiger partial charge in [0.05, 0.1) is 17.9 Å². The van der Waals surface area contributed by atoms with E-state index < -0.39 is 5.63 Å². The van der Waals surface area contributed by atoms with E-state index in [9.17, 15) is 9.59 Å². The van der Waals surface area contributed by atoms with Crippen LogP contribution >= 0.6 is 0 Å². The lowest BCUT2D eigenvalue weighted by Crippen LogP contribution is -2.21. The third kappa shape index (κ3) is 3.80. The lowest BCUT2D eigenvalue weighted by atomic mass is 10.1. The molecule has 0 aliphatic carbocycles. The number of carbonyl (C=O) groups excluding carboxylic acids is 1. The van der Waals surface area contributed by atoms with Crippen LogP contribution in [0.5, 0.6) is 5.75 Å². The van der Waals surface area contributed by atoms with Crippen molar-refractivity contribution in [3.05, 3.63) is 76.1 Å². The maximum absolute atomic E-state index is 12.2. The molecular formula is C20H18N2O4. The van der Waals surface area contributed by atoms with Gasteiger partial charge in [-0.25, -0.2) is 10.2 Å². The summed E-state index contributed by atoms with van der Waals surface area (Å²) in [6.07, 6.45) is 0. The first-order chi connectivity index (χ1) is 12.6. The Hall–Kier alpha value is -3.41. The van der Waals surface area contributed by atoms with Crippen LogP contribution in [0.25, 0.3) is 11.0 Å². The minimum atomic E-state index is -0.500. The van der Waals surface area contributed by atoms with Gasteiger partial charge in [-0.3, -0.25) is 4.79 Å². The van der Waals surface area contributed by atoms with Crippen molar-refractivity contribution in [1.29, 1.82) is 0 Å². The molecule has 1 heterocycles. The quantitative estimate of drug-likeness (QED) is 0.435. The second kappa shape index (κ2) is 7.65. The van der Waals surface area contributed by atoms with Gasteiger partial charge >= 0.3 is 5.63 Å². The fourth-order valence-electron chi connectivity index (χ4n) is 2.44. The van der Waals surface area contributed by atoms with E-state index in [4.69, 9.17) is 9.15 Å². The van der Waals surface area contributed by atoms with E-state index in [0.717, 1.165) is 5.39 Å². The van der Waals surface area contributed by atoms with Gasteiger partial charge in [-0.1, -0.05) is 18.2 Å². The Morgan fingerprint density at radius 2 is 1.88 bits per heavy atom. The van der Waals surface area contributed by atoms with Crippen molar-refractivity contribution < 1.29 is 13.9 Å². The number of carbonyl (C=O) groups is 1. The first-order valence-corrected chi connectivity index (χ1v) is 8.19. The van der Waals surface area contributed by atoms with Gasteiger partial charge < -0.3 is 9.15 Å². The van der Waals surface area contributed by atoms with Crippen LogP contribution in [0.15, 0.2) is 68.9 Å². The third-order valence-electron chi connectivity index (χ3n) is 3.78. The highest BCUT2D eigenvalue weighted by atomic mass is 16.5. The highest BCUT2D eigenvalue weighted by Gasteiger charge is 2.10. The van der Waals surface area contributed by atoms with Crippen LogP contribution in [-0.2, 0) is 0 Å². The molecule has 1 aromatic heterocycles. The van der Waals surface area contributed by atoms with E-state index in [-0.39, 0.29) is 5.91 Å². The topological polar surface area (TPSA) is 80.9 Å². The number of amides is 1. The predicted molar refractivity (Wildman–Crippen MR) is 99.8 cm³/mol. The Morgan fingerprint density at radius 3 is 2.62 bits per heavy atom. The summed E-state index contributed by atoms with van der Waals surface area (Å²) < 4.78 is 10.6. The molecule has 0 unspecified atom stereocenters. The summed E-state index contributed by atoms with van der Waals surface area (Å²) in [5.41, 5.74) is 3.57. The predicted octanol–water partition coefficient (Wildman–Crippen LogP) is 3.35. The van der Waals surface area contributed by atoms with Crippen LogP contribution in [0, 0.1) is 0 Å². The molecular weight excluding hydrogens is 332 g/mol. The lowest BCUT2D eigenvalue weighted by Gasteiger charge is -2.05. The number of benzene rings is 2. The molecule has 0 saturated carbocycles. The van der Waals surface area contributed by atoms with Crippen LogP contribution in [-0.4, -0.2) is 18.2 Å². The molecule has 6 heteroatoms. The molecule has 3 aromatic rings. The standard InChI is InChI=1S/C20H18N2O4/c1-3-25-16-10-8-14(9-11-16)19(23)22-21-13(2)17-12-15-6-4-5-7-18(15)26-20(17)24/h4-12H,3H2,1-2H3,(H,22,23)/b21-13-. The van der Waals surface area contributed by atoms with Gasteiger partial charge in [0, 0.05) is 10.9 Å². The Morgan fingerprint density at radius 1 is 1.15 bits per heavy atom.